The molecule has 1 aliphatic rings. The fourth-order valence-electron chi connectivity index (χ4n) is 2.32. The monoisotopic (exact) mass is 380 g/mol. The molecule has 1 aromatic carbocycles. The Morgan fingerprint density at radius 3 is 3.05 bits per heavy atom. The number of aryl methyl sites for hydroxylation is 1. The summed E-state index contributed by atoms with van der Waals surface area (Å²) in [6.07, 6.45) is 0.789. The Balaban J connectivity index is 2.10. The van der Waals surface area contributed by atoms with E-state index in [4.69, 9.17) is 4.74 Å². The lowest BCUT2D eigenvalue weighted by molar-refractivity contribution is 0.0599. The van der Waals surface area contributed by atoms with Crippen LogP contribution in [0.5, 0.6) is 0 Å². The van der Waals surface area contributed by atoms with Crippen molar-refractivity contribution in [1.29, 1.82) is 0 Å². The van der Waals surface area contributed by atoms with Gasteiger partial charge in [-0.1, -0.05) is 6.07 Å². The summed E-state index contributed by atoms with van der Waals surface area (Å²) >= 11 is 5.06. The molecule has 3 rings (SSSR count). The third-order valence-corrected chi connectivity index (χ3v) is 5.15. The molecule has 0 unspecified atom stereocenters. The fourth-order valence-corrected chi connectivity index (χ4v) is 3.71. The van der Waals surface area contributed by atoms with Crippen molar-refractivity contribution in [2.75, 3.05) is 12.9 Å². The number of ether oxygens (including phenoxy) is 1. The number of thioether (sulfide) groups is 1. The zero-order valence-electron chi connectivity index (χ0n) is 11.8. The Morgan fingerprint density at radius 2 is 2.27 bits per heavy atom. The van der Waals surface area contributed by atoms with E-state index in [2.05, 4.69) is 25.9 Å². The van der Waals surface area contributed by atoms with Gasteiger partial charge in [-0.3, -0.25) is 4.79 Å². The van der Waals surface area contributed by atoms with E-state index in [9.17, 15) is 9.59 Å². The van der Waals surface area contributed by atoms with Gasteiger partial charge in [0.05, 0.1) is 18.4 Å². The Hall–Kier alpha value is -1.60. The van der Waals surface area contributed by atoms with Crippen molar-refractivity contribution in [3.63, 3.8) is 0 Å². The van der Waals surface area contributed by atoms with Gasteiger partial charge in [-0.25, -0.2) is 9.78 Å². The molecule has 0 bridgehead atoms. The van der Waals surface area contributed by atoms with Gasteiger partial charge in [0.25, 0.3) is 5.56 Å². The van der Waals surface area contributed by atoms with Gasteiger partial charge in [-0.2, -0.15) is 11.8 Å². The van der Waals surface area contributed by atoms with Crippen molar-refractivity contribution in [1.82, 2.24) is 9.97 Å². The van der Waals surface area contributed by atoms with Crippen molar-refractivity contribution >= 4 is 33.7 Å². The average Bonchev–Trinajstić information content (AvgIpc) is 2.54. The summed E-state index contributed by atoms with van der Waals surface area (Å²) in [5.74, 6) is 1.71. The maximum atomic E-state index is 12.2. The molecule has 0 spiro atoms. The summed E-state index contributed by atoms with van der Waals surface area (Å²) in [5, 5.41) is 0. The number of benzene rings is 1. The molecule has 0 saturated carbocycles. The van der Waals surface area contributed by atoms with Crippen molar-refractivity contribution in [2.45, 2.75) is 12.2 Å². The molecule has 0 atom stereocenters. The second-order valence-electron chi connectivity index (χ2n) is 4.83. The van der Waals surface area contributed by atoms with Crippen LogP contribution in [0.1, 0.15) is 21.6 Å². The smallest absolute Gasteiger partial charge is 0.339 e. The molecular formula is C15H13BrN2O3S. The minimum absolute atomic E-state index is 0.102. The van der Waals surface area contributed by atoms with Crippen LogP contribution in [0.15, 0.2) is 27.5 Å². The van der Waals surface area contributed by atoms with Crippen LogP contribution in [0.3, 0.4) is 0 Å². The van der Waals surface area contributed by atoms with E-state index in [0.29, 0.717) is 27.2 Å². The number of nitrogens with one attached hydrogen (secondary N) is 1. The highest BCUT2D eigenvalue weighted by atomic mass is 79.9. The van der Waals surface area contributed by atoms with Gasteiger partial charge in [0.2, 0.25) is 0 Å². The second-order valence-corrected chi connectivity index (χ2v) is 6.79. The number of rotatable bonds is 2. The molecule has 0 radical (unpaired) electrons. The van der Waals surface area contributed by atoms with Crippen molar-refractivity contribution in [3.8, 4) is 11.4 Å². The number of carbonyl (C=O) groups excluding carboxylic acids is 1. The molecule has 7 heteroatoms. The molecule has 22 heavy (non-hydrogen) atoms. The summed E-state index contributed by atoms with van der Waals surface area (Å²) < 4.78 is 5.40. The lowest BCUT2D eigenvalue weighted by atomic mass is 10.1. The molecule has 114 valence electrons. The quantitative estimate of drug-likeness (QED) is 0.810. The van der Waals surface area contributed by atoms with E-state index in [1.165, 1.54) is 7.11 Å². The fraction of sp³-hybridized carbons (Fsp3) is 0.267. The van der Waals surface area contributed by atoms with Gasteiger partial charge in [0.1, 0.15) is 5.82 Å². The molecule has 1 aliphatic heterocycles. The standard InChI is InChI=1S/C15H13BrN2O3S/c1-21-15(20)9-6-8(2-3-11(9)16)13-17-12-4-5-22-7-10(12)14(19)18-13/h2-3,6H,4-5,7H2,1H3,(H,17,18,19). The van der Waals surface area contributed by atoms with E-state index in [-0.39, 0.29) is 5.56 Å². The first-order valence-electron chi connectivity index (χ1n) is 6.68. The number of carbonyl (C=O) groups is 1. The molecule has 0 aliphatic carbocycles. The zero-order chi connectivity index (χ0) is 15.7. The molecule has 0 saturated heterocycles. The highest BCUT2D eigenvalue weighted by Gasteiger charge is 2.18. The zero-order valence-corrected chi connectivity index (χ0v) is 14.2. The number of esters is 1. The predicted molar refractivity (Wildman–Crippen MR) is 89.2 cm³/mol. The SMILES string of the molecule is COC(=O)c1cc(-c2nc3c(c(=O)[nH]2)CSCC3)ccc1Br. The summed E-state index contributed by atoms with van der Waals surface area (Å²) in [5.41, 5.74) is 2.58. The van der Waals surface area contributed by atoms with E-state index in [0.717, 1.165) is 23.4 Å². The molecule has 5 nitrogen and oxygen atoms in total. The second kappa shape index (κ2) is 6.26. The van der Waals surface area contributed by atoms with Crippen molar-refractivity contribution in [2.24, 2.45) is 0 Å². The average molecular weight is 381 g/mol. The molecule has 0 fully saturated rings. The van der Waals surface area contributed by atoms with Gasteiger partial charge >= 0.3 is 5.97 Å². The molecule has 2 aromatic rings. The molecule has 2 heterocycles. The van der Waals surface area contributed by atoms with Crippen LogP contribution in [0, 0.1) is 0 Å². The maximum absolute atomic E-state index is 12.2. The van der Waals surface area contributed by atoms with Crippen LogP contribution >= 0.6 is 27.7 Å². The Bertz CT molecular complexity index is 804. The molecular weight excluding hydrogens is 368 g/mol. The van der Waals surface area contributed by atoms with Crippen molar-refractivity contribution < 1.29 is 9.53 Å². The largest absolute Gasteiger partial charge is 0.465 e. The first-order valence-corrected chi connectivity index (χ1v) is 8.63. The van der Waals surface area contributed by atoms with Gasteiger partial charge < -0.3 is 9.72 Å². The van der Waals surface area contributed by atoms with E-state index in [1.54, 1.807) is 30.0 Å². The van der Waals surface area contributed by atoms with Crippen molar-refractivity contribution in [3.05, 3.63) is 49.8 Å². The minimum atomic E-state index is -0.439. The number of hydrogen-bond acceptors (Lipinski definition) is 5. The number of methoxy groups -OCH3 is 1. The van der Waals surface area contributed by atoms with E-state index < -0.39 is 5.97 Å². The summed E-state index contributed by atoms with van der Waals surface area (Å²) in [6.45, 7) is 0. The molecule has 0 amide bonds. The first-order chi connectivity index (χ1) is 10.6. The van der Waals surface area contributed by atoms with Crippen LogP contribution < -0.4 is 5.56 Å². The maximum Gasteiger partial charge on any atom is 0.339 e. The summed E-state index contributed by atoms with van der Waals surface area (Å²) in [7, 11) is 1.33. The van der Waals surface area contributed by atoms with E-state index in [1.807, 2.05) is 0 Å². The van der Waals surface area contributed by atoms with Gasteiger partial charge in [-0.05, 0) is 40.2 Å². The number of nitrogens with zero attached hydrogens (tertiary/aromatic N) is 1. The summed E-state index contributed by atoms with van der Waals surface area (Å²) in [6, 6.07) is 5.22. The lowest BCUT2D eigenvalue weighted by Gasteiger charge is -2.14. The van der Waals surface area contributed by atoms with Gasteiger partial charge in [0.15, 0.2) is 0 Å². The van der Waals surface area contributed by atoms with Crippen LogP contribution in [-0.2, 0) is 16.9 Å². The Kier molecular flexibility index (Phi) is 4.35. The first kappa shape index (κ1) is 15.3. The normalized spacial score (nSPS) is 13.5. The van der Waals surface area contributed by atoms with Crippen LogP contribution in [0.4, 0.5) is 0 Å². The Labute approximate surface area is 139 Å². The van der Waals surface area contributed by atoms with Crippen LogP contribution in [-0.4, -0.2) is 28.8 Å². The van der Waals surface area contributed by atoms with Gasteiger partial charge in [-0.15, -0.1) is 0 Å². The summed E-state index contributed by atoms with van der Waals surface area (Å²) in [4.78, 5) is 31.3. The van der Waals surface area contributed by atoms with Gasteiger partial charge in [0, 0.05) is 21.4 Å². The minimum Gasteiger partial charge on any atom is -0.465 e. The number of fused-ring (bicyclic) bond motifs is 1. The topological polar surface area (TPSA) is 72.0 Å². The highest BCUT2D eigenvalue weighted by molar-refractivity contribution is 9.10. The predicted octanol–water partition coefficient (Wildman–Crippen LogP) is 2.78. The van der Waals surface area contributed by atoms with Crippen LogP contribution in [0.25, 0.3) is 11.4 Å². The number of aromatic amines is 1. The molecule has 1 aromatic heterocycles. The lowest BCUT2D eigenvalue weighted by Crippen LogP contribution is -2.21. The third-order valence-electron chi connectivity index (χ3n) is 3.48. The Morgan fingerprint density at radius 1 is 1.45 bits per heavy atom. The number of hydrogen-bond donors (Lipinski definition) is 1. The number of H-pyrrole nitrogens is 1. The number of aromatic nitrogens is 2. The highest BCUT2D eigenvalue weighted by Crippen LogP contribution is 2.26. The molecule has 1 N–H and O–H groups in total. The third kappa shape index (κ3) is 2.83. The number of halogens is 1. The van der Waals surface area contributed by atoms with Crippen LogP contribution in [0.2, 0.25) is 0 Å². The van der Waals surface area contributed by atoms with E-state index >= 15 is 0 Å².